The lowest BCUT2D eigenvalue weighted by molar-refractivity contribution is -0.117. The fourth-order valence-electron chi connectivity index (χ4n) is 1.71. The van der Waals surface area contributed by atoms with Crippen LogP contribution in [0.4, 0.5) is 0 Å². The van der Waals surface area contributed by atoms with E-state index in [0.29, 0.717) is 12.8 Å². The second kappa shape index (κ2) is 7.09. The highest BCUT2D eigenvalue weighted by molar-refractivity contribution is 5.91. The number of aromatic nitrogens is 2. The van der Waals surface area contributed by atoms with E-state index < -0.39 is 5.60 Å². The van der Waals surface area contributed by atoms with Crippen LogP contribution in [0.15, 0.2) is 18.5 Å². The molecule has 19 heavy (non-hydrogen) atoms. The Kier molecular flexibility index (Phi) is 5.76. The van der Waals surface area contributed by atoms with Gasteiger partial charge in [-0.2, -0.15) is 0 Å². The minimum atomic E-state index is -0.814. The number of aliphatic hydroxyl groups is 1. The quantitative estimate of drug-likeness (QED) is 0.736. The lowest BCUT2D eigenvalue weighted by Gasteiger charge is -2.24. The van der Waals surface area contributed by atoms with Gasteiger partial charge in [0, 0.05) is 31.6 Å². The van der Waals surface area contributed by atoms with Gasteiger partial charge in [0.1, 0.15) is 5.82 Å². The van der Waals surface area contributed by atoms with Gasteiger partial charge in [0.15, 0.2) is 0 Å². The number of rotatable bonds is 7. The maximum absolute atomic E-state index is 11.7. The van der Waals surface area contributed by atoms with Crippen LogP contribution in [0.5, 0.6) is 0 Å². The molecule has 0 aliphatic rings. The van der Waals surface area contributed by atoms with Gasteiger partial charge in [0.25, 0.3) is 0 Å². The summed E-state index contributed by atoms with van der Waals surface area (Å²) < 4.78 is 1.94. The van der Waals surface area contributed by atoms with Gasteiger partial charge in [-0.05, 0) is 25.8 Å². The van der Waals surface area contributed by atoms with Crippen molar-refractivity contribution >= 4 is 12.0 Å². The molecule has 2 N–H and O–H groups in total. The number of carbonyl (C=O) groups is 1. The van der Waals surface area contributed by atoms with Crippen molar-refractivity contribution in [3.8, 4) is 0 Å². The van der Waals surface area contributed by atoms with Crippen LogP contribution in [0.2, 0.25) is 0 Å². The van der Waals surface area contributed by atoms with E-state index in [0.717, 1.165) is 12.4 Å². The van der Waals surface area contributed by atoms with Crippen molar-refractivity contribution in [3.05, 3.63) is 24.3 Å². The second-order valence-electron chi connectivity index (χ2n) is 4.55. The van der Waals surface area contributed by atoms with Crippen molar-refractivity contribution < 1.29 is 9.90 Å². The van der Waals surface area contributed by atoms with Crippen LogP contribution in [0.25, 0.3) is 6.08 Å². The largest absolute Gasteiger partial charge is 0.388 e. The molecule has 0 radical (unpaired) electrons. The summed E-state index contributed by atoms with van der Waals surface area (Å²) >= 11 is 0. The summed E-state index contributed by atoms with van der Waals surface area (Å²) in [5.41, 5.74) is -0.814. The molecule has 0 unspecified atom stereocenters. The van der Waals surface area contributed by atoms with Crippen LogP contribution in [0.1, 0.15) is 39.4 Å². The van der Waals surface area contributed by atoms with Crippen LogP contribution < -0.4 is 5.32 Å². The number of carbonyl (C=O) groups excluding carboxylic acids is 1. The van der Waals surface area contributed by atoms with Gasteiger partial charge in [0.05, 0.1) is 5.60 Å². The molecule has 1 amide bonds. The summed E-state index contributed by atoms with van der Waals surface area (Å²) in [5.74, 6) is 0.532. The fraction of sp³-hybridized carbons (Fsp3) is 0.571. The molecular weight excluding hydrogens is 242 g/mol. The molecule has 106 valence electrons. The van der Waals surface area contributed by atoms with Crippen molar-refractivity contribution in [2.45, 2.75) is 45.8 Å². The molecule has 0 fully saturated rings. The van der Waals surface area contributed by atoms with Crippen LogP contribution in [0, 0.1) is 0 Å². The number of hydrogen-bond acceptors (Lipinski definition) is 3. The summed E-state index contributed by atoms with van der Waals surface area (Å²) in [5, 5.41) is 12.8. The molecule has 5 heteroatoms. The van der Waals surface area contributed by atoms with E-state index in [1.807, 2.05) is 31.5 Å². The molecule has 1 rings (SSSR count). The minimum absolute atomic E-state index is 0.217. The van der Waals surface area contributed by atoms with Gasteiger partial charge in [-0.25, -0.2) is 4.98 Å². The number of nitrogens with one attached hydrogen (secondary N) is 1. The van der Waals surface area contributed by atoms with Crippen molar-refractivity contribution in [1.29, 1.82) is 0 Å². The Balaban J connectivity index is 2.52. The van der Waals surface area contributed by atoms with E-state index in [1.165, 1.54) is 6.08 Å². The molecule has 0 saturated carbocycles. The van der Waals surface area contributed by atoms with E-state index in [2.05, 4.69) is 10.3 Å². The first kappa shape index (κ1) is 15.4. The minimum Gasteiger partial charge on any atom is -0.388 e. The summed E-state index contributed by atoms with van der Waals surface area (Å²) in [6.07, 6.45) is 7.93. The normalized spacial score (nSPS) is 12.0. The third-order valence-corrected chi connectivity index (χ3v) is 3.38. The number of imidazole rings is 1. The van der Waals surface area contributed by atoms with Crippen LogP contribution >= 0.6 is 0 Å². The number of hydrogen-bond donors (Lipinski definition) is 2. The molecule has 0 saturated heterocycles. The third-order valence-electron chi connectivity index (χ3n) is 3.38. The first-order valence-electron chi connectivity index (χ1n) is 6.74. The monoisotopic (exact) mass is 265 g/mol. The molecule has 1 aromatic rings. The van der Waals surface area contributed by atoms with Crippen molar-refractivity contribution in [3.63, 3.8) is 0 Å². The lowest BCUT2D eigenvalue weighted by atomic mass is 9.98. The van der Waals surface area contributed by atoms with Gasteiger partial charge in [-0.1, -0.05) is 13.8 Å². The topological polar surface area (TPSA) is 67.2 Å². The van der Waals surface area contributed by atoms with E-state index >= 15 is 0 Å². The molecule has 0 aliphatic carbocycles. The van der Waals surface area contributed by atoms with Gasteiger partial charge < -0.3 is 15.0 Å². The highest BCUT2D eigenvalue weighted by Gasteiger charge is 2.22. The van der Waals surface area contributed by atoms with Gasteiger partial charge in [-0.15, -0.1) is 0 Å². The van der Waals surface area contributed by atoms with E-state index in [-0.39, 0.29) is 12.5 Å². The standard InChI is InChI=1S/C14H23N3O2/c1-4-14(19,5-2)11-16-13(18)8-7-12-15-9-10-17(12)6-3/h7-10,19H,4-6,11H2,1-3H3,(H,16,18)/b8-7+. The van der Waals surface area contributed by atoms with Crippen LogP contribution in [-0.4, -0.2) is 32.7 Å². The van der Waals surface area contributed by atoms with Gasteiger partial charge in [0.2, 0.25) is 5.91 Å². The molecule has 0 aromatic carbocycles. The zero-order valence-electron chi connectivity index (χ0n) is 11.9. The van der Waals surface area contributed by atoms with E-state index in [1.54, 1.807) is 12.3 Å². The predicted molar refractivity (Wildman–Crippen MR) is 75.5 cm³/mol. The Bertz CT molecular complexity index is 434. The molecule has 0 spiro atoms. The number of aryl methyl sites for hydroxylation is 1. The number of nitrogens with zero attached hydrogens (tertiary/aromatic N) is 2. The third kappa shape index (κ3) is 4.52. The summed E-state index contributed by atoms with van der Waals surface area (Å²) in [7, 11) is 0. The second-order valence-corrected chi connectivity index (χ2v) is 4.55. The predicted octanol–water partition coefficient (Wildman–Crippen LogP) is 1.58. The van der Waals surface area contributed by atoms with Gasteiger partial charge >= 0.3 is 0 Å². The molecule has 0 atom stereocenters. The van der Waals surface area contributed by atoms with E-state index in [9.17, 15) is 9.90 Å². The van der Waals surface area contributed by atoms with Crippen LogP contribution in [0.3, 0.4) is 0 Å². The first-order valence-corrected chi connectivity index (χ1v) is 6.74. The molecule has 5 nitrogen and oxygen atoms in total. The number of amides is 1. The molecule has 0 bridgehead atoms. The van der Waals surface area contributed by atoms with Gasteiger partial charge in [-0.3, -0.25) is 4.79 Å². The molecular formula is C14H23N3O2. The summed E-state index contributed by atoms with van der Waals surface area (Å²) in [6, 6.07) is 0. The Hall–Kier alpha value is -1.62. The zero-order chi connectivity index (χ0) is 14.3. The Morgan fingerprint density at radius 3 is 2.74 bits per heavy atom. The first-order chi connectivity index (χ1) is 9.04. The van der Waals surface area contributed by atoms with Crippen molar-refractivity contribution in [2.24, 2.45) is 0 Å². The van der Waals surface area contributed by atoms with Crippen LogP contribution in [-0.2, 0) is 11.3 Å². The average Bonchev–Trinajstić information content (AvgIpc) is 2.90. The smallest absolute Gasteiger partial charge is 0.244 e. The Morgan fingerprint density at radius 2 is 2.16 bits per heavy atom. The molecule has 1 aromatic heterocycles. The lowest BCUT2D eigenvalue weighted by Crippen LogP contribution is -2.41. The summed E-state index contributed by atoms with van der Waals surface area (Å²) in [6.45, 7) is 6.91. The average molecular weight is 265 g/mol. The fourth-order valence-corrected chi connectivity index (χ4v) is 1.71. The maximum atomic E-state index is 11.7. The van der Waals surface area contributed by atoms with Crippen molar-refractivity contribution in [1.82, 2.24) is 14.9 Å². The Morgan fingerprint density at radius 1 is 1.47 bits per heavy atom. The highest BCUT2D eigenvalue weighted by atomic mass is 16.3. The SMILES string of the molecule is CCn1ccnc1/C=C/C(=O)NCC(O)(CC)CC. The molecule has 1 heterocycles. The Labute approximate surface area is 114 Å². The highest BCUT2D eigenvalue weighted by Crippen LogP contribution is 2.12. The maximum Gasteiger partial charge on any atom is 0.244 e. The van der Waals surface area contributed by atoms with Crippen molar-refractivity contribution in [2.75, 3.05) is 6.54 Å². The summed E-state index contributed by atoms with van der Waals surface area (Å²) in [4.78, 5) is 15.8. The zero-order valence-corrected chi connectivity index (χ0v) is 11.9. The molecule has 0 aliphatic heterocycles. The van der Waals surface area contributed by atoms with E-state index in [4.69, 9.17) is 0 Å².